The van der Waals surface area contributed by atoms with E-state index in [0.29, 0.717) is 12.2 Å². The third-order valence-electron chi connectivity index (χ3n) is 3.49. The standard InChI is InChI=1S/C19H22N2O2/c1-22-17-7-3-14(4-8-17)11-16(13-20)19(21)12-15-5-9-18(23-2)10-6-15/h3-12H,13,20-21H2,1-2H3. The Kier molecular flexibility index (Phi) is 5.83. The van der Waals surface area contributed by atoms with Gasteiger partial charge in [0.2, 0.25) is 0 Å². The minimum absolute atomic E-state index is 0.366. The van der Waals surface area contributed by atoms with Gasteiger partial charge in [-0.25, -0.2) is 0 Å². The highest BCUT2D eigenvalue weighted by atomic mass is 16.5. The van der Waals surface area contributed by atoms with E-state index in [9.17, 15) is 0 Å². The first-order chi connectivity index (χ1) is 11.2. The first-order valence-corrected chi connectivity index (χ1v) is 7.32. The molecule has 0 amide bonds. The Bertz CT molecular complexity index is 686. The zero-order chi connectivity index (χ0) is 16.7. The molecule has 0 saturated heterocycles. The molecule has 23 heavy (non-hydrogen) atoms. The van der Waals surface area contributed by atoms with Gasteiger partial charge in [0.05, 0.1) is 14.2 Å². The van der Waals surface area contributed by atoms with Crippen LogP contribution in [0, 0.1) is 0 Å². The van der Waals surface area contributed by atoms with Crippen molar-refractivity contribution in [3.63, 3.8) is 0 Å². The van der Waals surface area contributed by atoms with E-state index in [1.54, 1.807) is 14.2 Å². The molecule has 0 aliphatic heterocycles. The van der Waals surface area contributed by atoms with Crippen molar-refractivity contribution in [3.05, 3.63) is 70.9 Å². The highest BCUT2D eigenvalue weighted by Gasteiger charge is 2.01. The normalized spacial score (nSPS) is 12.1. The summed E-state index contributed by atoms with van der Waals surface area (Å²) in [6.45, 7) is 0.366. The fraction of sp³-hybridized carbons (Fsp3) is 0.158. The molecule has 120 valence electrons. The molecule has 0 aliphatic rings. The maximum Gasteiger partial charge on any atom is 0.118 e. The highest BCUT2D eigenvalue weighted by Crippen LogP contribution is 2.18. The molecule has 0 spiro atoms. The Morgan fingerprint density at radius 1 is 0.826 bits per heavy atom. The van der Waals surface area contributed by atoms with E-state index < -0.39 is 0 Å². The molecular formula is C19H22N2O2. The quantitative estimate of drug-likeness (QED) is 0.805. The molecule has 0 aromatic heterocycles. The Morgan fingerprint density at radius 3 is 1.65 bits per heavy atom. The molecule has 4 heteroatoms. The number of methoxy groups -OCH3 is 2. The number of benzene rings is 2. The molecule has 0 radical (unpaired) electrons. The highest BCUT2D eigenvalue weighted by molar-refractivity contribution is 5.66. The van der Waals surface area contributed by atoms with Gasteiger partial charge in [0.1, 0.15) is 11.5 Å². The maximum absolute atomic E-state index is 6.19. The summed E-state index contributed by atoms with van der Waals surface area (Å²) in [6, 6.07) is 15.4. The zero-order valence-corrected chi connectivity index (χ0v) is 13.5. The summed E-state index contributed by atoms with van der Waals surface area (Å²) in [6.07, 6.45) is 3.89. The van der Waals surface area contributed by atoms with E-state index in [0.717, 1.165) is 28.2 Å². The molecule has 0 heterocycles. The van der Waals surface area contributed by atoms with E-state index >= 15 is 0 Å². The molecule has 2 aromatic rings. The van der Waals surface area contributed by atoms with Gasteiger partial charge in [-0.2, -0.15) is 0 Å². The lowest BCUT2D eigenvalue weighted by atomic mass is 10.1. The summed E-state index contributed by atoms with van der Waals surface area (Å²) < 4.78 is 10.3. The largest absolute Gasteiger partial charge is 0.497 e. The molecule has 4 nitrogen and oxygen atoms in total. The molecule has 2 aromatic carbocycles. The van der Waals surface area contributed by atoms with Gasteiger partial charge in [-0.15, -0.1) is 0 Å². The van der Waals surface area contributed by atoms with E-state index in [2.05, 4.69) is 0 Å². The third-order valence-corrected chi connectivity index (χ3v) is 3.49. The molecular weight excluding hydrogens is 288 g/mol. The van der Waals surface area contributed by atoms with Crippen molar-refractivity contribution in [3.8, 4) is 11.5 Å². The van der Waals surface area contributed by atoms with E-state index in [1.165, 1.54) is 0 Å². The first-order valence-electron chi connectivity index (χ1n) is 7.32. The topological polar surface area (TPSA) is 70.5 Å². The van der Waals surface area contributed by atoms with E-state index in [1.807, 2.05) is 60.7 Å². The van der Waals surface area contributed by atoms with Crippen LogP contribution in [0.15, 0.2) is 59.8 Å². The summed E-state index contributed by atoms with van der Waals surface area (Å²) in [7, 11) is 3.29. The van der Waals surface area contributed by atoms with E-state index in [-0.39, 0.29) is 0 Å². The van der Waals surface area contributed by atoms with Crippen LogP contribution < -0.4 is 20.9 Å². The number of hydrogen-bond donors (Lipinski definition) is 2. The molecule has 0 fully saturated rings. The van der Waals surface area contributed by atoms with Gasteiger partial charge in [-0.05, 0) is 53.1 Å². The van der Waals surface area contributed by atoms with E-state index in [4.69, 9.17) is 20.9 Å². The van der Waals surface area contributed by atoms with Crippen LogP contribution in [0.1, 0.15) is 11.1 Å². The number of nitrogens with two attached hydrogens (primary N) is 2. The van der Waals surface area contributed by atoms with Crippen molar-refractivity contribution in [2.45, 2.75) is 0 Å². The molecule has 0 atom stereocenters. The summed E-state index contributed by atoms with van der Waals surface area (Å²) >= 11 is 0. The van der Waals surface area contributed by atoms with Gasteiger partial charge in [-0.1, -0.05) is 24.3 Å². The second kappa shape index (κ2) is 8.06. The van der Waals surface area contributed by atoms with Gasteiger partial charge in [0, 0.05) is 12.2 Å². The molecule has 0 aliphatic carbocycles. The molecule has 0 bridgehead atoms. The second-order valence-corrected chi connectivity index (χ2v) is 5.02. The van der Waals surface area contributed by atoms with Crippen molar-refractivity contribution in [1.82, 2.24) is 0 Å². The van der Waals surface area contributed by atoms with Crippen molar-refractivity contribution < 1.29 is 9.47 Å². The van der Waals surface area contributed by atoms with Crippen molar-refractivity contribution in [2.75, 3.05) is 20.8 Å². The number of rotatable bonds is 6. The van der Waals surface area contributed by atoms with Crippen LogP contribution in [-0.2, 0) is 0 Å². The second-order valence-electron chi connectivity index (χ2n) is 5.02. The van der Waals surface area contributed by atoms with Crippen LogP contribution in [0.4, 0.5) is 0 Å². The minimum atomic E-state index is 0.366. The Labute approximate surface area is 137 Å². The number of hydrogen-bond acceptors (Lipinski definition) is 4. The molecule has 4 N–H and O–H groups in total. The van der Waals surface area contributed by atoms with Crippen LogP contribution in [0.2, 0.25) is 0 Å². The Morgan fingerprint density at radius 2 is 1.26 bits per heavy atom. The van der Waals surface area contributed by atoms with Gasteiger partial charge in [0.15, 0.2) is 0 Å². The Hall–Kier alpha value is -2.72. The van der Waals surface area contributed by atoms with Crippen LogP contribution >= 0.6 is 0 Å². The monoisotopic (exact) mass is 310 g/mol. The molecule has 0 unspecified atom stereocenters. The Balaban J connectivity index is 2.23. The summed E-state index contributed by atoms with van der Waals surface area (Å²) in [4.78, 5) is 0. The molecule has 2 rings (SSSR count). The maximum atomic E-state index is 6.19. The van der Waals surface area contributed by atoms with Gasteiger partial charge >= 0.3 is 0 Å². The minimum Gasteiger partial charge on any atom is -0.497 e. The predicted molar refractivity (Wildman–Crippen MR) is 95.2 cm³/mol. The zero-order valence-electron chi connectivity index (χ0n) is 13.5. The smallest absolute Gasteiger partial charge is 0.118 e. The lowest BCUT2D eigenvalue weighted by molar-refractivity contribution is 0.414. The van der Waals surface area contributed by atoms with Crippen LogP contribution in [-0.4, -0.2) is 20.8 Å². The van der Waals surface area contributed by atoms with Gasteiger partial charge in [0.25, 0.3) is 0 Å². The summed E-state index contributed by atoms with van der Waals surface area (Å²) in [5, 5.41) is 0. The van der Waals surface area contributed by atoms with Crippen LogP contribution in [0.5, 0.6) is 11.5 Å². The van der Waals surface area contributed by atoms with Gasteiger partial charge in [-0.3, -0.25) is 0 Å². The molecule has 0 saturated carbocycles. The fourth-order valence-corrected chi connectivity index (χ4v) is 2.13. The fourth-order valence-electron chi connectivity index (χ4n) is 2.13. The van der Waals surface area contributed by atoms with Gasteiger partial charge < -0.3 is 20.9 Å². The first kappa shape index (κ1) is 16.6. The summed E-state index contributed by atoms with van der Waals surface area (Å²) in [5.74, 6) is 1.63. The van der Waals surface area contributed by atoms with Crippen molar-refractivity contribution in [1.29, 1.82) is 0 Å². The van der Waals surface area contributed by atoms with Crippen LogP contribution in [0.25, 0.3) is 12.2 Å². The SMILES string of the molecule is COc1ccc(C=C(N)C(=Cc2ccc(OC)cc2)CN)cc1. The lowest BCUT2D eigenvalue weighted by Crippen LogP contribution is -2.11. The lowest BCUT2D eigenvalue weighted by Gasteiger charge is -2.07. The number of ether oxygens (including phenoxy) is 2. The predicted octanol–water partition coefficient (Wildman–Crippen LogP) is 3.05. The average Bonchev–Trinajstić information content (AvgIpc) is 2.60. The third kappa shape index (κ3) is 4.63. The van der Waals surface area contributed by atoms with Crippen molar-refractivity contribution >= 4 is 12.2 Å². The summed E-state index contributed by atoms with van der Waals surface area (Å²) in [5.41, 5.74) is 15.6. The average molecular weight is 310 g/mol. The van der Waals surface area contributed by atoms with Crippen LogP contribution in [0.3, 0.4) is 0 Å². The van der Waals surface area contributed by atoms with Crippen molar-refractivity contribution in [2.24, 2.45) is 11.5 Å².